The maximum atomic E-state index is 9.51. The molecule has 3 atom stereocenters. The number of benzene rings is 1. The van der Waals surface area contributed by atoms with Gasteiger partial charge in [0.05, 0.1) is 12.7 Å². The van der Waals surface area contributed by atoms with Crippen molar-refractivity contribution in [1.82, 2.24) is 0 Å². The molecule has 0 heterocycles. The van der Waals surface area contributed by atoms with E-state index in [1.54, 1.807) is 11.1 Å². The van der Waals surface area contributed by atoms with Crippen molar-refractivity contribution in [2.24, 2.45) is 11.7 Å². The third-order valence-corrected chi connectivity index (χ3v) is 6.45. The van der Waals surface area contributed by atoms with Crippen LogP contribution >= 0.6 is 0 Å². The van der Waals surface area contributed by atoms with Gasteiger partial charge in [0.2, 0.25) is 0 Å². The summed E-state index contributed by atoms with van der Waals surface area (Å²) in [5.41, 5.74) is 10.5. The molecule has 26 heavy (non-hydrogen) atoms. The zero-order valence-electron chi connectivity index (χ0n) is 16.7. The van der Waals surface area contributed by atoms with Crippen molar-refractivity contribution in [3.63, 3.8) is 0 Å². The van der Waals surface area contributed by atoms with Crippen molar-refractivity contribution in [1.29, 1.82) is 0 Å². The first-order chi connectivity index (χ1) is 12.5. The lowest BCUT2D eigenvalue weighted by molar-refractivity contribution is 0.0750. The molecule has 2 aliphatic carbocycles. The first-order valence-electron chi connectivity index (χ1n) is 10.6. The van der Waals surface area contributed by atoms with Crippen LogP contribution in [0.5, 0.6) is 0 Å². The molecule has 1 unspecified atom stereocenters. The summed E-state index contributed by atoms with van der Waals surface area (Å²) in [6, 6.07) is 7.13. The summed E-state index contributed by atoms with van der Waals surface area (Å²) in [7, 11) is 0. The number of ether oxygens (including phenoxy) is 1. The van der Waals surface area contributed by atoms with Crippen LogP contribution in [0.3, 0.4) is 0 Å². The molecule has 146 valence electrons. The predicted molar refractivity (Wildman–Crippen MR) is 107 cm³/mol. The van der Waals surface area contributed by atoms with Crippen LogP contribution in [0.2, 0.25) is 0 Å². The average Bonchev–Trinajstić information content (AvgIpc) is 3.04. The SMILES string of the molecule is CC(C)OCCCCC1CCc2cc([C@H]3CC[C@](N)(CO)C3)ccc2C1. The van der Waals surface area contributed by atoms with Crippen LogP contribution in [0.1, 0.15) is 81.4 Å². The summed E-state index contributed by atoms with van der Waals surface area (Å²) in [6.45, 7) is 5.23. The van der Waals surface area contributed by atoms with E-state index in [4.69, 9.17) is 10.5 Å². The van der Waals surface area contributed by atoms with Gasteiger partial charge >= 0.3 is 0 Å². The molecule has 0 aromatic heterocycles. The van der Waals surface area contributed by atoms with E-state index in [0.29, 0.717) is 12.0 Å². The molecule has 0 bridgehead atoms. The number of rotatable bonds is 8. The quantitative estimate of drug-likeness (QED) is 0.679. The Bertz CT molecular complexity index is 586. The van der Waals surface area contributed by atoms with Gasteiger partial charge in [-0.1, -0.05) is 31.0 Å². The molecule has 2 aliphatic rings. The van der Waals surface area contributed by atoms with Gasteiger partial charge in [-0.05, 0) is 87.3 Å². The fourth-order valence-electron chi connectivity index (χ4n) is 4.79. The molecule has 3 heteroatoms. The van der Waals surface area contributed by atoms with E-state index in [2.05, 4.69) is 32.0 Å². The third kappa shape index (κ3) is 5.09. The standard InChI is InChI=1S/C23H37NO2/c1-17(2)26-12-4-3-5-18-6-7-20-14-21(9-8-19(20)13-18)22-10-11-23(24,15-22)16-25/h8-9,14,17-18,22,25H,3-7,10-13,15-16,24H2,1-2H3/t18?,22-,23+/m0/s1. The highest BCUT2D eigenvalue weighted by atomic mass is 16.5. The number of aliphatic hydroxyl groups is 1. The Labute approximate surface area is 159 Å². The molecule has 0 spiro atoms. The summed E-state index contributed by atoms with van der Waals surface area (Å²) >= 11 is 0. The molecule has 1 aromatic carbocycles. The van der Waals surface area contributed by atoms with E-state index in [-0.39, 0.29) is 12.1 Å². The highest BCUT2D eigenvalue weighted by molar-refractivity contribution is 5.36. The minimum absolute atomic E-state index is 0.109. The monoisotopic (exact) mass is 359 g/mol. The maximum Gasteiger partial charge on any atom is 0.0611 e. The van der Waals surface area contributed by atoms with E-state index >= 15 is 0 Å². The lowest BCUT2D eigenvalue weighted by Crippen LogP contribution is -2.40. The summed E-state index contributed by atoms with van der Waals surface area (Å²) in [5, 5.41) is 9.51. The molecule has 1 fully saturated rings. The predicted octanol–water partition coefficient (Wildman–Crippen LogP) is 4.34. The highest BCUT2D eigenvalue weighted by Crippen LogP contribution is 2.40. The van der Waals surface area contributed by atoms with E-state index < -0.39 is 0 Å². The van der Waals surface area contributed by atoms with Gasteiger partial charge in [-0.15, -0.1) is 0 Å². The molecule has 3 N–H and O–H groups in total. The average molecular weight is 360 g/mol. The molecule has 0 radical (unpaired) electrons. The largest absolute Gasteiger partial charge is 0.394 e. The van der Waals surface area contributed by atoms with Crippen LogP contribution in [-0.4, -0.2) is 30.0 Å². The van der Waals surface area contributed by atoms with Crippen molar-refractivity contribution in [3.05, 3.63) is 34.9 Å². The number of fused-ring (bicyclic) bond motifs is 1. The van der Waals surface area contributed by atoms with Crippen LogP contribution < -0.4 is 5.73 Å². The van der Waals surface area contributed by atoms with Gasteiger partial charge < -0.3 is 15.6 Å². The Kier molecular flexibility index (Phi) is 6.76. The number of aliphatic hydroxyl groups excluding tert-OH is 1. The summed E-state index contributed by atoms with van der Waals surface area (Å²) < 4.78 is 5.65. The van der Waals surface area contributed by atoms with E-state index in [9.17, 15) is 5.11 Å². The van der Waals surface area contributed by atoms with E-state index in [1.165, 1.54) is 44.1 Å². The Hall–Kier alpha value is -0.900. The number of hydrogen-bond donors (Lipinski definition) is 2. The Morgan fingerprint density at radius 2 is 2.08 bits per heavy atom. The third-order valence-electron chi connectivity index (χ3n) is 6.45. The van der Waals surface area contributed by atoms with Crippen molar-refractivity contribution in [2.75, 3.05) is 13.2 Å². The fraction of sp³-hybridized carbons (Fsp3) is 0.739. The number of unbranched alkanes of at least 4 members (excludes halogenated alkanes) is 1. The number of aryl methyl sites for hydroxylation is 1. The Morgan fingerprint density at radius 1 is 1.23 bits per heavy atom. The van der Waals surface area contributed by atoms with Gasteiger partial charge in [-0.2, -0.15) is 0 Å². The molecule has 3 nitrogen and oxygen atoms in total. The molecule has 0 aliphatic heterocycles. The van der Waals surface area contributed by atoms with Crippen molar-refractivity contribution in [2.45, 2.75) is 89.2 Å². The van der Waals surface area contributed by atoms with Gasteiger partial charge in [0.25, 0.3) is 0 Å². The fourth-order valence-corrected chi connectivity index (χ4v) is 4.79. The van der Waals surface area contributed by atoms with Gasteiger partial charge in [0, 0.05) is 12.1 Å². The van der Waals surface area contributed by atoms with E-state index in [1.807, 2.05) is 0 Å². The second kappa shape index (κ2) is 8.86. The lowest BCUT2D eigenvalue weighted by atomic mass is 9.80. The van der Waals surface area contributed by atoms with Crippen molar-refractivity contribution in [3.8, 4) is 0 Å². The normalized spacial score (nSPS) is 28.5. The number of hydrogen-bond acceptors (Lipinski definition) is 3. The molecular formula is C23H37NO2. The van der Waals surface area contributed by atoms with Gasteiger partial charge in [0.15, 0.2) is 0 Å². The topological polar surface area (TPSA) is 55.5 Å². The maximum absolute atomic E-state index is 9.51. The van der Waals surface area contributed by atoms with Gasteiger partial charge in [-0.3, -0.25) is 0 Å². The molecular weight excluding hydrogens is 322 g/mol. The Morgan fingerprint density at radius 3 is 2.81 bits per heavy atom. The second-order valence-corrected chi connectivity index (χ2v) is 9.01. The zero-order valence-corrected chi connectivity index (χ0v) is 16.7. The van der Waals surface area contributed by atoms with Crippen LogP contribution in [0.25, 0.3) is 0 Å². The van der Waals surface area contributed by atoms with E-state index in [0.717, 1.165) is 31.8 Å². The molecule has 0 amide bonds. The van der Waals surface area contributed by atoms with Crippen molar-refractivity contribution < 1.29 is 9.84 Å². The lowest BCUT2D eigenvalue weighted by Gasteiger charge is -2.26. The first-order valence-corrected chi connectivity index (χ1v) is 10.6. The first kappa shape index (κ1) is 19.9. The Balaban J connectivity index is 1.50. The minimum Gasteiger partial charge on any atom is -0.394 e. The molecule has 1 saturated carbocycles. The molecule has 0 saturated heterocycles. The minimum atomic E-state index is -0.356. The van der Waals surface area contributed by atoms with Crippen molar-refractivity contribution >= 4 is 0 Å². The zero-order chi connectivity index (χ0) is 18.6. The summed E-state index contributed by atoms with van der Waals surface area (Å²) in [5.74, 6) is 1.36. The van der Waals surface area contributed by atoms with Crippen LogP contribution in [0.4, 0.5) is 0 Å². The van der Waals surface area contributed by atoms with Crippen LogP contribution in [0, 0.1) is 5.92 Å². The smallest absolute Gasteiger partial charge is 0.0611 e. The van der Waals surface area contributed by atoms with Crippen LogP contribution in [0.15, 0.2) is 18.2 Å². The molecule has 1 aromatic rings. The van der Waals surface area contributed by atoms with Gasteiger partial charge in [0.1, 0.15) is 0 Å². The number of nitrogens with two attached hydrogens (primary N) is 1. The highest BCUT2D eigenvalue weighted by Gasteiger charge is 2.36. The molecule has 3 rings (SSSR count). The van der Waals surface area contributed by atoms with Crippen LogP contribution in [-0.2, 0) is 17.6 Å². The summed E-state index contributed by atoms with van der Waals surface area (Å²) in [6.07, 6.45) is 10.9. The van der Waals surface area contributed by atoms with Gasteiger partial charge in [-0.25, -0.2) is 0 Å². The second-order valence-electron chi connectivity index (χ2n) is 9.01. The summed E-state index contributed by atoms with van der Waals surface area (Å²) in [4.78, 5) is 0.